The van der Waals surface area contributed by atoms with Gasteiger partial charge in [0.1, 0.15) is 12.5 Å². The maximum absolute atomic E-state index is 10.8. The highest BCUT2D eigenvalue weighted by Crippen LogP contribution is 1.99. The second-order valence-corrected chi connectivity index (χ2v) is 2.75. The Hall–Kier alpha value is -1.55. The predicted octanol–water partition coefficient (Wildman–Crippen LogP) is 0.564. The quantitative estimate of drug-likeness (QED) is 0.663. The van der Waals surface area contributed by atoms with Crippen molar-refractivity contribution < 1.29 is 4.79 Å². The second kappa shape index (κ2) is 5.15. The predicted molar refractivity (Wildman–Crippen MR) is 42.6 cm³/mol. The molecule has 12 heavy (non-hydrogen) atoms. The van der Waals surface area contributed by atoms with Crippen molar-refractivity contribution in [1.29, 1.82) is 10.5 Å². The smallest absolute Gasteiger partial charge is 0.235 e. The fraction of sp³-hybridized carbons (Fsp3) is 0.625. The van der Waals surface area contributed by atoms with Crippen LogP contribution < -0.4 is 5.32 Å². The summed E-state index contributed by atoms with van der Waals surface area (Å²) in [6.07, 6.45) is -0.190. The normalized spacial score (nSPS) is 11.4. The number of nitrogens with zero attached hydrogens (tertiary/aromatic N) is 2. The average Bonchev–Trinajstić information content (AvgIpc) is 2.00. The van der Waals surface area contributed by atoms with Crippen LogP contribution in [-0.2, 0) is 4.79 Å². The number of hydrogen-bond donors (Lipinski definition) is 1. The van der Waals surface area contributed by atoms with E-state index in [9.17, 15) is 4.79 Å². The summed E-state index contributed by atoms with van der Waals surface area (Å²) in [4.78, 5) is 10.8. The van der Waals surface area contributed by atoms with Crippen LogP contribution in [0.5, 0.6) is 0 Å². The molecule has 0 saturated carbocycles. The number of nitriles is 2. The molecule has 0 aliphatic rings. The molecule has 0 radical (unpaired) electrons. The molecule has 0 aromatic rings. The molecule has 0 bridgehead atoms. The Labute approximate surface area is 71.8 Å². The summed E-state index contributed by atoms with van der Waals surface area (Å²) in [5.74, 6) is -0.324. The standard InChI is InChI=1S/C8H11N3O/c1-6(2)7(5-10)11-8(12)3-4-9/h6-7H,3H2,1-2H3,(H,11,12)/t7-/m1/s1. The SMILES string of the molecule is CC(C)[C@@H](C#N)NC(=O)CC#N. The van der Waals surface area contributed by atoms with Gasteiger partial charge in [-0.1, -0.05) is 13.8 Å². The molecule has 0 saturated heterocycles. The average molecular weight is 165 g/mol. The highest BCUT2D eigenvalue weighted by atomic mass is 16.1. The summed E-state index contributed by atoms with van der Waals surface area (Å²) in [5, 5.41) is 19.2. The molecular formula is C8H11N3O. The number of carbonyl (C=O) groups excluding carboxylic acids is 1. The fourth-order valence-electron chi connectivity index (χ4n) is 0.644. The van der Waals surface area contributed by atoms with E-state index < -0.39 is 11.9 Å². The monoisotopic (exact) mass is 165 g/mol. The van der Waals surface area contributed by atoms with Crippen molar-refractivity contribution in [1.82, 2.24) is 5.32 Å². The molecular weight excluding hydrogens is 154 g/mol. The number of rotatable bonds is 3. The van der Waals surface area contributed by atoms with Crippen LogP contribution in [0.25, 0.3) is 0 Å². The lowest BCUT2D eigenvalue weighted by molar-refractivity contribution is -0.120. The molecule has 64 valence electrons. The zero-order valence-electron chi connectivity index (χ0n) is 7.16. The zero-order valence-corrected chi connectivity index (χ0v) is 7.16. The molecule has 1 amide bonds. The van der Waals surface area contributed by atoms with Crippen LogP contribution >= 0.6 is 0 Å². The van der Waals surface area contributed by atoms with Crippen molar-refractivity contribution in [2.24, 2.45) is 5.92 Å². The summed E-state index contributed by atoms with van der Waals surface area (Å²) >= 11 is 0. The molecule has 0 spiro atoms. The van der Waals surface area contributed by atoms with Gasteiger partial charge in [-0.3, -0.25) is 4.79 Å². The van der Waals surface area contributed by atoms with Gasteiger partial charge in [0.2, 0.25) is 5.91 Å². The Morgan fingerprint density at radius 2 is 2.08 bits per heavy atom. The van der Waals surface area contributed by atoms with Crippen molar-refractivity contribution in [3.8, 4) is 12.1 Å². The first kappa shape index (κ1) is 10.4. The van der Waals surface area contributed by atoms with E-state index in [4.69, 9.17) is 10.5 Å². The van der Waals surface area contributed by atoms with Gasteiger partial charge in [0.05, 0.1) is 12.1 Å². The molecule has 1 N–H and O–H groups in total. The fourth-order valence-corrected chi connectivity index (χ4v) is 0.644. The van der Waals surface area contributed by atoms with Crippen molar-refractivity contribution in [2.45, 2.75) is 26.3 Å². The van der Waals surface area contributed by atoms with Crippen molar-refractivity contribution in [2.75, 3.05) is 0 Å². The maximum atomic E-state index is 10.8. The molecule has 1 atom stereocenters. The van der Waals surface area contributed by atoms with Crippen LogP contribution in [0.3, 0.4) is 0 Å². The summed E-state index contributed by atoms with van der Waals surface area (Å²) in [7, 11) is 0. The summed E-state index contributed by atoms with van der Waals surface area (Å²) < 4.78 is 0. The van der Waals surface area contributed by atoms with Gasteiger partial charge in [0.25, 0.3) is 0 Å². The van der Waals surface area contributed by atoms with Crippen molar-refractivity contribution in [3.63, 3.8) is 0 Å². The van der Waals surface area contributed by atoms with Gasteiger partial charge in [-0.15, -0.1) is 0 Å². The van der Waals surface area contributed by atoms with Crippen LogP contribution in [-0.4, -0.2) is 11.9 Å². The third kappa shape index (κ3) is 3.58. The van der Waals surface area contributed by atoms with Gasteiger partial charge in [-0.25, -0.2) is 0 Å². The number of hydrogen-bond acceptors (Lipinski definition) is 3. The zero-order chi connectivity index (χ0) is 9.56. The Morgan fingerprint density at radius 3 is 2.42 bits per heavy atom. The third-order valence-corrected chi connectivity index (χ3v) is 1.36. The maximum Gasteiger partial charge on any atom is 0.235 e. The molecule has 0 fully saturated rings. The van der Waals surface area contributed by atoms with Gasteiger partial charge in [0, 0.05) is 0 Å². The van der Waals surface area contributed by atoms with Crippen molar-refractivity contribution in [3.05, 3.63) is 0 Å². The molecule has 4 heteroatoms. The van der Waals surface area contributed by atoms with Crippen LogP contribution in [0.2, 0.25) is 0 Å². The number of amides is 1. The molecule has 4 nitrogen and oxygen atoms in total. The van der Waals surface area contributed by atoms with E-state index in [0.717, 1.165) is 0 Å². The van der Waals surface area contributed by atoms with Crippen LogP contribution in [0.4, 0.5) is 0 Å². The van der Waals surface area contributed by atoms with Gasteiger partial charge in [0.15, 0.2) is 0 Å². The van der Waals surface area contributed by atoms with Gasteiger partial charge in [-0.2, -0.15) is 10.5 Å². The molecule has 0 aliphatic heterocycles. The Kier molecular flexibility index (Phi) is 4.48. The van der Waals surface area contributed by atoms with E-state index in [-0.39, 0.29) is 12.3 Å². The minimum absolute atomic E-state index is 0.0673. The van der Waals surface area contributed by atoms with Crippen molar-refractivity contribution >= 4 is 5.91 Å². The lowest BCUT2D eigenvalue weighted by atomic mass is 10.1. The minimum atomic E-state index is -0.495. The van der Waals surface area contributed by atoms with Gasteiger partial charge in [-0.05, 0) is 5.92 Å². The summed E-state index contributed by atoms with van der Waals surface area (Å²) in [6.45, 7) is 3.67. The summed E-state index contributed by atoms with van der Waals surface area (Å²) in [6, 6.07) is 3.17. The lowest BCUT2D eigenvalue weighted by Crippen LogP contribution is -2.37. The van der Waals surface area contributed by atoms with E-state index in [2.05, 4.69) is 5.32 Å². The number of carbonyl (C=O) groups is 1. The number of nitrogens with one attached hydrogen (secondary N) is 1. The van der Waals surface area contributed by atoms with E-state index in [1.165, 1.54) is 0 Å². The summed E-state index contributed by atoms with van der Waals surface area (Å²) in [5.41, 5.74) is 0. The highest BCUT2D eigenvalue weighted by Gasteiger charge is 2.14. The Morgan fingerprint density at radius 1 is 1.50 bits per heavy atom. The van der Waals surface area contributed by atoms with E-state index in [1.54, 1.807) is 6.07 Å². The first-order valence-corrected chi connectivity index (χ1v) is 3.67. The molecule has 0 aromatic carbocycles. The van der Waals surface area contributed by atoms with E-state index in [0.29, 0.717) is 0 Å². The molecule has 0 unspecified atom stereocenters. The van der Waals surface area contributed by atoms with E-state index >= 15 is 0 Å². The molecule has 0 rings (SSSR count). The largest absolute Gasteiger partial charge is 0.339 e. The third-order valence-electron chi connectivity index (χ3n) is 1.36. The van der Waals surface area contributed by atoms with Gasteiger partial charge < -0.3 is 5.32 Å². The van der Waals surface area contributed by atoms with Crippen LogP contribution in [0, 0.1) is 28.6 Å². The molecule has 0 heterocycles. The van der Waals surface area contributed by atoms with Crippen LogP contribution in [0.15, 0.2) is 0 Å². The van der Waals surface area contributed by atoms with Crippen LogP contribution in [0.1, 0.15) is 20.3 Å². The topological polar surface area (TPSA) is 76.7 Å². The Bertz CT molecular complexity index is 234. The minimum Gasteiger partial charge on any atom is -0.339 e. The first-order chi connectivity index (χ1) is 5.61. The van der Waals surface area contributed by atoms with Gasteiger partial charge >= 0.3 is 0 Å². The van der Waals surface area contributed by atoms with E-state index in [1.807, 2.05) is 19.9 Å². The lowest BCUT2D eigenvalue weighted by Gasteiger charge is -2.13. The highest BCUT2D eigenvalue weighted by molar-refractivity contribution is 5.78. The second-order valence-electron chi connectivity index (χ2n) is 2.75. The molecule has 0 aromatic heterocycles. The Balaban J connectivity index is 3.99. The molecule has 0 aliphatic carbocycles. The first-order valence-electron chi connectivity index (χ1n) is 3.67.